The lowest BCUT2D eigenvalue weighted by Crippen LogP contribution is -2.52. The monoisotopic (exact) mass is 335 g/mol. The van der Waals surface area contributed by atoms with E-state index in [0.29, 0.717) is 18.8 Å². The Balaban J connectivity index is 1.38. The summed E-state index contributed by atoms with van der Waals surface area (Å²) >= 11 is 0. The van der Waals surface area contributed by atoms with Gasteiger partial charge in [-0.25, -0.2) is 4.98 Å². The van der Waals surface area contributed by atoms with Gasteiger partial charge in [-0.05, 0) is 43.7 Å². The van der Waals surface area contributed by atoms with Crippen LogP contribution in [0.5, 0.6) is 5.75 Å². The van der Waals surface area contributed by atoms with Gasteiger partial charge in [0, 0.05) is 13.1 Å². The van der Waals surface area contributed by atoms with Crippen molar-refractivity contribution in [2.75, 3.05) is 13.1 Å². The number of likely N-dealkylation sites (tertiary alicyclic amines) is 1. The minimum atomic E-state index is -0.485. The van der Waals surface area contributed by atoms with Gasteiger partial charge in [-0.2, -0.15) is 0 Å². The smallest absolute Gasteiger partial charge is 0.263 e. The van der Waals surface area contributed by atoms with Crippen LogP contribution in [0.4, 0.5) is 0 Å². The predicted molar refractivity (Wildman–Crippen MR) is 96.7 cm³/mol. The van der Waals surface area contributed by atoms with E-state index >= 15 is 0 Å². The molecule has 25 heavy (non-hydrogen) atoms. The highest BCUT2D eigenvalue weighted by atomic mass is 16.5. The molecule has 1 aliphatic rings. The van der Waals surface area contributed by atoms with Crippen LogP contribution in [0.2, 0.25) is 0 Å². The standard InChI is InChI=1S/C20H21N3O2/c1-13-8-9-17-18(10-13)22-19(21-17)15-11-23(12-15)20(24)14(2)25-16-6-4-3-5-7-16/h3-10,14-15H,11-12H2,1-2H3,(H,21,22). The fourth-order valence-corrected chi connectivity index (χ4v) is 3.18. The number of fused-ring (bicyclic) bond motifs is 1. The lowest BCUT2D eigenvalue weighted by molar-refractivity contribution is -0.142. The Bertz CT molecular complexity index is 898. The number of aryl methyl sites for hydroxylation is 1. The van der Waals surface area contributed by atoms with Crippen molar-refractivity contribution in [1.82, 2.24) is 14.9 Å². The molecule has 1 N–H and O–H groups in total. The second-order valence-corrected chi connectivity index (χ2v) is 6.66. The molecule has 1 aliphatic heterocycles. The number of carbonyl (C=O) groups is 1. The minimum absolute atomic E-state index is 0.0204. The quantitative estimate of drug-likeness (QED) is 0.796. The zero-order valence-corrected chi connectivity index (χ0v) is 14.4. The summed E-state index contributed by atoms with van der Waals surface area (Å²) in [7, 11) is 0. The van der Waals surface area contributed by atoms with Crippen molar-refractivity contribution < 1.29 is 9.53 Å². The Kier molecular flexibility index (Phi) is 3.92. The topological polar surface area (TPSA) is 58.2 Å². The first kappa shape index (κ1) is 15.7. The molecule has 3 aromatic rings. The molecule has 1 atom stereocenters. The van der Waals surface area contributed by atoms with Crippen molar-refractivity contribution in [3.8, 4) is 5.75 Å². The van der Waals surface area contributed by atoms with Crippen molar-refractivity contribution in [3.05, 3.63) is 59.9 Å². The number of carbonyl (C=O) groups excluding carboxylic acids is 1. The minimum Gasteiger partial charge on any atom is -0.481 e. The van der Waals surface area contributed by atoms with Crippen LogP contribution in [-0.2, 0) is 4.79 Å². The third-order valence-corrected chi connectivity index (χ3v) is 4.64. The summed E-state index contributed by atoms with van der Waals surface area (Å²) in [4.78, 5) is 22.4. The average molecular weight is 335 g/mol. The molecular weight excluding hydrogens is 314 g/mol. The Labute approximate surface area is 146 Å². The van der Waals surface area contributed by atoms with E-state index in [2.05, 4.69) is 29.0 Å². The number of H-pyrrole nitrogens is 1. The van der Waals surface area contributed by atoms with Crippen molar-refractivity contribution >= 4 is 16.9 Å². The number of benzene rings is 2. The predicted octanol–water partition coefficient (Wildman–Crippen LogP) is 3.26. The van der Waals surface area contributed by atoms with E-state index in [0.717, 1.165) is 16.9 Å². The van der Waals surface area contributed by atoms with Crippen LogP contribution in [0, 0.1) is 6.92 Å². The van der Waals surface area contributed by atoms with E-state index in [-0.39, 0.29) is 11.8 Å². The molecule has 5 nitrogen and oxygen atoms in total. The number of aromatic amines is 1. The lowest BCUT2D eigenvalue weighted by Gasteiger charge is -2.39. The van der Waals surface area contributed by atoms with Crippen LogP contribution in [0.25, 0.3) is 11.0 Å². The normalized spacial score (nSPS) is 15.8. The number of para-hydroxylation sites is 1. The summed E-state index contributed by atoms with van der Waals surface area (Å²) in [6.07, 6.45) is -0.485. The summed E-state index contributed by atoms with van der Waals surface area (Å²) in [5.41, 5.74) is 3.24. The first-order valence-electron chi connectivity index (χ1n) is 8.57. The lowest BCUT2D eigenvalue weighted by atomic mass is 9.99. The highest BCUT2D eigenvalue weighted by Crippen LogP contribution is 2.28. The highest BCUT2D eigenvalue weighted by molar-refractivity contribution is 5.82. The van der Waals surface area contributed by atoms with Gasteiger partial charge in [0.2, 0.25) is 0 Å². The first-order chi connectivity index (χ1) is 12.1. The number of rotatable bonds is 4. The molecular formula is C20H21N3O2. The summed E-state index contributed by atoms with van der Waals surface area (Å²) in [6.45, 7) is 5.23. The molecule has 1 saturated heterocycles. The van der Waals surface area contributed by atoms with Crippen molar-refractivity contribution in [2.45, 2.75) is 25.9 Å². The third-order valence-electron chi connectivity index (χ3n) is 4.64. The van der Waals surface area contributed by atoms with Crippen LogP contribution < -0.4 is 4.74 Å². The van der Waals surface area contributed by atoms with Gasteiger partial charge in [0.25, 0.3) is 5.91 Å². The second kappa shape index (κ2) is 6.24. The molecule has 1 aromatic heterocycles. The third kappa shape index (κ3) is 3.09. The number of nitrogens with zero attached hydrogens (tertiary/aromatic N) is 2. The summed E-state index contributed by atoms with van der Waals surface area (Å²) < 4.78 is 5.72. The fourth-order valence-electron chi connectivity index (χ4n) is 3.18. The Hall–Kier alpha value is -2.82. The maximum Gasteiger partial charge on any atom is 0.263 e. The molecule has 0 aliphatic carbocycles. The Morgan fingerprint density at radius 1 is 1.24 bits per heavy atom. The molecule has 0 saturated carbocycles. The zero-order valence-electron chi connectivity index (χ0n) is 14.4. The van der Waals surface area contributed by atoms with Gasteiger partial charge in [-0.1, -0.05) is 24.3 Å². The van der Waals surface area contributed by atoms with E-state index < -0.39 is 6.10 Å². The molecule has 2 aromatic carbocycles. The molecule has 128 valence electrons. The molecule has 0 radical (unpaired) electrons. The molecule has 0 bridgehead atoms. The van der Waals surface area contributed by atoms with E-state index in [1.165, 1.54) is 5.56 Å². The molecule has 0 spiro atoms. The number of imidazole rings is 1. The van der Waals surface area contributed by atoms with Crippen LogP contribution in [0.1, 0.15) is 24.2 Å². The van der Waals surface area contributed by atoms with E-state index in [1.807, 2.05) is 41.3 Å². The van der Waals surface area contributed by atoms with E-state index in [9.17, 15) is 4.79 Å². The van der Waals surface area contributed by atoms with E-state index in [1.54, 1.807) is 6.92 Å². The first-order valence-corrected chi connectivity index (χ1v) is 8.57. The maximum atomic E-state index is 12.5. The average Bonchev–Trinajstić information content (AvgIpc) is 2.96. The Morgan fingerprint density at radius 2 is 2.00 bits per heavy atom. The van der Waals surface area contributed by atoms with Gasteiger partial charge >= 0.3 is 0 Å². The van der Waals surface area contributed by atoms with Crippen LogP contribution >= 0.6 is 0 Å². The van der Waals surface area contributed by atoms with Crippen molar-refractivity contribution in [3.63, 3.8) is 0 Å². The molecule has 5 heteroatoms. The van der Waals surface area contributed by atoms with Crippen LogP contribution in [0.3, 0.4) is 0 Å². The Morgan fingerprint density at radius 3 is 2.76 bits per heavy atom. The summed E-state index contributed by atoms with van der Waals surface area (Å²) in [5.74, 6) is 1.96. The van der Waals surface area contributed by atoms with Crippen LogP contribution in [0.15, 0.2) is 48.5 Å². The van der Waals surface area contributed by atoms with Gasteiger partial charge in [0.1, 0.15) is 11.6 Å². The molecule has 1 unspecified atom stereocenters. The molecule has 2 heterocycles. The van der Waals surface area contributed by atoms with E-state index in [4.69, 9.17) is 4.74 Å². The number of nitrogens with one attached hydrogen (secondary N) is 1. The second-order valence-electron chi connectivity index (χ2n) is 6.66. The number of hydrogen-bond donors (Lipinski definition) is 1. The fraction of sp³-hybridized carbons (Fsp3) is 0.300. The number of amides is 1. The number of hydrogen-bond acceptors (Lipinski definition) is 3. The molecule has 1 fully saturated rings. The summed E-state index contributed by atoms with van der Waals surface area (Å²) in [5, 5.41) is 0. The summed E-state index contributed by atoms with van der Waals surface area (Å²) in [6, 6.07) is 15.6. The highest BCUT2D eigenvalue weighted by Gasteiger charge is 2.36. The van der Waals surface area contributed by atoms with Crippen molar-refractivity contribution in [2.24, 2.45) is 0 Å². The number of ether oxygens (including phenoxy) is 1. The largest absolute Gasteiger partial charge is 0.481 e. The van der Waals surface area contributed by atoms with Gasteiger partial charge in [-0.3, -0.25) is 4.79 Å². The molecule has 1 amide bonds. The zero-order chi connectivity index (χ0) is 17.4. The van der Waals surface area contributed by atoms with Gasteiger partial charge in [0.05, 0.1) is 17.0 Å². The van der Waals surface area contributed by atoms with Gasteiger partial charge in [-0.15, -0.1) is 0 Å². The van der Waals surface area contributed by atoms with Crippen LogP contribution in [-0.4, -0.2) is 40.0 Å². The van der Waals surface area contributed by atoms with Gasteiger partial charge < -0.3 is 14.6 Å². The van der Waals surface area contributed by atoms with Gasteiger partial charge in [0.15, 0.2) is 6.10 Å². The molecule has 4 rings (SSSR count). The number of aromatic nitrogens is 2. The van der Waals surface area contributed by atoms with Crippen molar-refractivity contribution in [1.29, 1.82) is 0 Å². The maximum absolute atomic E-state index is 12.5. The SMILES string of the molecule is Cc1ccc2nc(C3CN(C(=O)C(C)Oc4ccccc4)C3)[nH]c2c1.